The Hall–Kier alpha value is -2.69. The third kappa shape index (κ3) is 2.57. The van der Waals surface area contributed by atoms with Crippen LogP contribution in [-0.4, -0.2) is 19.3 Å². The number of rotatable bonds is 3. The molecule has 0 atom stereocenters. The third-order valence-electron chi connectivity index (χ3n) is 3.58. The maximum absolute atomic E-state index is 12.7. The van der Waals surface area contributed by atoms with Crippen molar-refractivity contribution in [2.24, 2.45) is 7.05 Å². The van der Waals surface area contributed by atoms with E-state index in [9.17, 15) is 4.79 Å². The molecule has 5 heteroatoms. The molecule has 0 saturated heterocycles. The molecular formula is C17H18N4O. The van der Waals surface area contributed by atoms with E-state index in [2.05, 4.69) is 23.9 Å². The van der Waals surface area contributed by atoms with Crippen molar-refractivity contribution in [3.8, 4) is 16.9 Å². The summed E-state index contributed by atoms with van der Waals surface area (Å²) < 4.78 is 3.28. The van der Waals surface area contributed by atoms with E-state index in [0.717, 1.165) is 11.4 Å². The lowest BCUT2D eigenvalue weighted by Crippen LogP contribution is -2.19. The molecule has 5 nitrogen and oxygen atoms in total. The Bertz CT molecular complexity index is 844. The lowest BCUT2D eigenvalue weighted by atomic mass is 10.1. The van der Waals surface area contributed by atoms with Gasteiger partial charge >= 0.3 is 0 Å². The van der Waals surface area contributed by atoms with Gasteiger partial charge in [-0.3, -0.25) is 19.0 Å². The van der Waals surface area contributed by atoms with Crippen molar-refractivity contribution < 1.29 is 0 Å². The molecule has 0 fully saturated rings. The highest BCUT2D eigenvalue weighted by molar-refractivity contribution is 5.57. The van der Waals surface area contributed by atoms with Gasteiger partial charge in [0.05, 0.1) is 23.1 Å². The van der Waals surface area contributed by atoms with Crippen molar-refractivity contribution in [1.82, 2.24) is 19.3 Å². The second kappa shape index (κ2) is 5.60. The minimum Gasteiger partial charge on any atom is -0.282 e. The van der Waals surface area contributed by atoms with Crippen molar-refractivity contribution in [3.05, 3.63) is 65.0 Å². The molecule has 0 aliphatic rings. The maximum Gasteiger partial charge on any atom is 0.264 e. The molecule has 3 aromatic heterocycles. The van der Waals surface area contributed by atoms with Crippen LogP contribution in [0.3, 0.4) is 0 Å². The number of aromatic nitrogens is 4. The van der Waals surface area contributed by atoms with E-state index in [1.807, 2.05) is 37.5 Å². The molecular weight excluding hydrogens is 276 g/mol. The molecule has 3 rings (SSSR count). The highest BCUT2D eigenvalue weighted by Crippen LogP contribution is 2.15. The van der Waals surface area contributed by atoms with Crippen LogP contribution in [0.5, 0.6) is 0 Å². The average molecular weight is 294 g/mol. The second-order valence-corrected chi connectivity index (χ2v) is 5.57. The van der Waals surface area contributed by atoms with E-state index < -0.39 is 0 Å². The summed E-state index contributed by atoms with van der Waals surface area (Å²) in [6, 6.07) is 9.35. The van der Waals surface area contributed by atoms with Crippen molar-refractivity contribution in [2.45, 2.75) is 19.8 Å². The average Bonchev–Trinajstić information content (AvgIpc) is 2.94. The number of pyridine rings is 2. The largest absolute Gasteiger partial charge is 0.282 e. The van der Waals surface area contributed by atoms with E-state index in [0.29, 0.717) is 17.2 Å². The van der Waals surface area contributed by atoms with Crippen LogP contribution in [0.15, 0.2) is 53.7 Å². The standard InChI is InChI=1S/C17H18N4O/c1-12(2)15-7-6-13(11-18-15)21-9-4-5-14(17(21)22)16-8-10-20(3)19-16/h4-12H,1-3H3. The van der Waals surface area contributed by atoms with Crippen molar-refractivity contribution in [1.29, 1.82) is 0 Å². The van der Waals surface area contributed by atoms with Gasteiger partial charge in [0, 0.05) is 25.1 Å². The second-order valence-electron chi connectivity index (χ2n) is 5.57. The fraction of sp³-hybridized carbons (Fsp3) is 0.235. The SMILES string of the molecule is CC(C)c1ccc(-n2cccc(-c3ccn(C)n3)c2=O)cn1. The first kappa shape index (κ1) is 14.3. The predicted octanol–water partition coefficient (Wildman–Crippen LogP) is 2.76. The molecule has 0 aromatic carbocycles. The predicted molar refractivity (Wildman–Crippen MR) is 86.1 cm³/mol. The van der Waals surface area contributed by atoms with Gasteiger partial charge < -0.3 is 0 Å². The molecule has 22 heavy (non-hydrogen) atoms. The van der Waals surface area contributed by atoms with Crippen LogP contribution in [0.1, 0.15) is 25.5 Å². The van der Waals surface area contributed by atoms with Gasteiger partial charge in [0.2, 0.25) is 0 Å². The molecule has 0 amide bonds. The quantitative estimate of drug-likeness (QED) is 0.746. The Morgan fingerprint density at radius 1 is 1.09 bits per heavy atom. The van der Waals surface area contributed by atoms with Gasteiger partial charge in [-0.1, -0.05) is 13.8 Å². The Morgan fingerprint density at radius 3 is 2.50 bits per heavy atom. The molecule has 0 aliphatic carbocycles. The summed E-state index contributed by atoms with van der Waals surface area (Å²) in [4.78, 5) is 17.1. The van der Waals surface area contributed by atoms with Gasteiger partial charge in [0.1, 0.15) is 0 Å². The monoisotopic (exact) mass is 294 g/mol. The molecule has 0 unspecified atom stereocenters. The molecule has 0 N–H and O–H groups in total. The summed E-state index contributed by atoms with van der Waals surface area (Å²) in [6.45, 7) is 4.19. The zero-order valence-electron chi connectivity index (χ0n) is 12.9. The fourth-order valence-corrected chi connectivity index (χ4v) is 2.33. The molecule has 3 aromatic rings. The van der Waals surface area contributed by atoms with Crippen LogP contribution in [0.25, 0.3) is 16.9 Å². The van der Waals surface area contributed by atoms with Gasteiger partial charge in [-0.05, 0) is 36.2 Å². The molecule has 0 aliphatic heterocycles. The Labute approximate surface area is 128 Å². The van der Waals surface area contributed by atoms with Crippen LogP contribution >= 0.6 is 0 Å². The van der Waals surface area contributed by atoms with Crippen molar-refractivity contribution in [3.63, 3.8) is 0 Å². The molecule has 0 spiro atoms. The lowest BCUT2D eigenvalue weighted by Gasteiger charge is -2.09. The normalized spacial score (nSPS) is 11.1. The van der Waals surface area contributed by atoms with Gasteiger partial charge in [0.15, 0.2) is 0 Å². The number of nitrogens with zero attached hydrogens (tertiary/aromatic N) is 4. The topological polar surface area (TPSA) is 52.7 Å². The van der Waals surface area contributed by atoms with Gasteiger partial charge in [-0.2, -0.15) is 5.10 Å². The summed E-state index contributed by atoms with van der Waals surface area (Å²) in [7, 11) is 1.83. The summed E-state index contributed by atoms with van der Waals surface area (Å²) in [5, 5.41) is 4.30. The fourth-order valence-electron chi connectivity index (χ4n) is 2.33. The van der Waals surface area contributed by atoms with Crippen LogP contribution < -0.4 is 5.56 Å². The van der Waals surface area contributed by atoms with Gasteiger partial charge in [-0.15, -0.1) is 0 Å². The van der Waals surface area contributed by atoms with Gasteiger partial charge in [0.25, 0.3) is 5.56 Å². The van der Waals surface area contributed by atoms with Gasteiger partial charge in [-0.25, -0.2) is 0 Å². The molecule has 0 saturated carbocycles. The van der Waals surface area contributed by atoms with E-state index in [4.69, 9.17) is 0 Å². The summed E-state index contributed by atoms with van der Waals surface area (Å²) in [5.74, 6) is 0.366. The van der Waals surface area contributed by atoms with Crippen LogP contribution in [0, 0.1) is 0 Å². The molecule has 0 radical (unpaired) electrons. The smallest absolute Gasteiger partial charge is 0.264 e. The zero-order valence-corrected chi connectivity index (χ0v) is 12.9. The van der Waals surface area contributed by atoms with E-state index >= 15 is 0 Å². The number of hydrogen-bond donors (Lipinski definition) is 0. The minimum atomic E-state index is -0.0969. The minimum absolute atomic E-state index is 0.0969. The van der Waals surface area contributed by atoms with Crippen LogP contribution in [0.2, 0.25) is 0 Å². The van der Waals surface area contributed by atoms with E-state index in [-0.39, 0.29) is 5.56 Å². The van der Waals surface area contributed by atoms with Crippen molar-refractivity contribution in [2.75, 3.05) is 0 Å². The highest BCUT2D eigenvalue weighted by Gasteiger charge is 2.10. The first-order chi connectivity index (χ1) is 10.6. The van der Waals surface area contributed by atoms with Crippen LogP contribution in [-0.2, 0) is 7.05 Å². The Balaban J connectivity index is 2.07. The number of aryl methyl sites for hydroxylation is 1. The molecule has 112 valence electrons. The first-order valence-electron chi connectivity index (χ1n) is 7.24. The first-order valence-corrected chi connectivity index (χ1v) is 7.24. The van der Waals surface area contributed by atoms with E-state index in [1.54, 1.807) is 27.7 Å². The summed E-state index contributed by atoms with van der Waals surface area (Å²) in [5.41, 5.74) is 2.93. The maximum atomic E-state index is 12.7. The van der Waals surface area contributed by atoms with E-state index in [1.165, 1.54) is 0 Å². The Morgan fingerprint density at radius 2 is 1.91 bits per heavy atom. The third-order valence-corrected chi connectivity index (χ3v) is 3.58. The Kier molecular flexibility index (Phi) is 3.63. The zero-order chi connectivity index (χ0) is 15.7. The van der Waals surface area contributed by atoms with Crippen LogP contribution in [0.4, 0.5) is 0 Å². The molecule has 0 bridgehead atoms. The van der Waals surface area contributed by atoms with Crippen molar-refractivity contribution >= 4 is 0 Å². The lowest BCUT2D eigenvalue weighted by molar-refractivity contribution is 0.770. The highest BCUT2D eigenvalue weighted by atomic mass is 16.1. The summed E-state index contributed by atoms with van der Waals surface area (Å²) >= 11 is 0. The number of hydrogen-bond acceptors (Lipinski definition) is 3. The molecule has 3 heterocycles. The summed E-state index contributed by atoms with van der Waals surface area (Å²) in [6.07, 6.45) is 5.31.